The maximum Gasteiger partial charge on any atom is 0.243 e. The van der Waals surface area contributed by atoms with Crippen LogP contribution >= 0.6 is 0 Å². The lowest BCUT2D eigenvalue weighted by Crippen LogP contribution is -2.34. The second kappa shape index (κ2) is 9.77. The Morgan fingerprint density at radius 3 is 2.29 bits per heavy atom. The molecule has 0 saturated carbocycles. The molecule has 0 fully saturated rings. The van der Waals surface area contributed by atoms with Gasteiger partial charge in [-0.15, -0.1) is 5.73 Å². The van der Waals surface area contributed by atoms with Crippen LogP contribution in [0.1, 0.15) is 25.8 Å². The van der Waals surface area contributed by atoms with Gasteiger partial charge in [-0.1, -0.05) is 17.7 Å². The van der Waals surface area contributed by atoms with E-state index in [-0.39, 0.29) is 11.4 Å². The lowest BCUT2D eigenvalue weighted by Gasteiger charge is -2.22. The Morgan fingerprint density at radius 1 is 1.21 bits per heavy atom. The molecule has 0 atom stereocenters. The molecule has 1 aromatic rings. The predicted octanol–water partition coefficient (Wildman–Crippen LogP) is 3.12. The van der Waals surface area contributed by atoms with Crippen molar-refractivity contribution in [3.63, 3.8) is 0 Å². The van der Waals surface area contributed by atoms with Crippen LogP contribution in [-0.2, 0) is 19.5 Å². The first kappa shape index (κ1) is 20.6. The number of hydrogen-bond acceptors (Lipinski definition) is 4. The zero-order valence-electron chi connectivity index (χ0n) is 15.1. The summed E-state index contributed by atoms with van der Waals surface area (Å²) in [6.07, 6.45) is 1.74. The zero-order chi connectivity index (χ0) is 18.2. The molecule has 0 aliphatic heterocycles. The molecule has 5 nitrogen and oxygen atoms in total. The predicted molar refractivity (Wildman–Crippen MR) is 95.3 cm³/mol. The minimum atomic E-state index is -3.59. The van der Waals surface area contributed by atoms with Crippen LogP contribution in [-0.4, -0.2) is 46.3 Å². The van der Waals surface area contributed by atoms with Crippen LogP contribution in [0.4, 0.5) is 0 Å². The van der Waals surface area contributed by atoms with E-state index in [9.17, 15) is 8.42 Å². The molecule has 0 saturated heterocycles. The van der Waals surface area contributed by atoms with Crippen molar-refractivity contribution < 1.29 is 17.9 Å². The van der Waals surface area contributed by atoms with Gasteiger partial charge in [-0.05, 0) is 44.6 Å². The van der Waals surface area contributed by atoms with Crippen LogP contribution in [0.15, 0.2) is 46.5 Å². The lowest BCUT2D eigenvalue weighted by molar-refractivity contribution is -0.107. The third-order valence-electron chi connectivity index (χ3n) is 3.48. The largest absolute Gasteiger partial charge is 0.356 e. The van der Waals surface area contributed by atoms with Crippen molar-refractivity contribution in [1.82, 2.24) is 4.31 Å². The van der Waals surface area contributed by atoms with Gasteiger partial charge < -0.3 is 9.47 Å². The molecule has 0 spiro atoms. The molecular formula is C18H27NO4S. The molecule has 0 radical (unpaired) electrons. The van der Waals surface area contributed by atoms with Gasteiger partial charge >= 0.3 is 0 Å². The number of ether oxygens (including phenoxy) is 2. The number of methoxy groups -OCH3 is 2. The fraction of sp³-hybridized carbons (Fsp3) is 0.500. The molecule has 0 unspecified atom stereocenters. The van der Waals surface area contributed by atoms with Crippen molar-refractivity contribution >= 4 is 10.0 Å². The molecule has 24 heavy (non-hydrogen) atoms. The fourth-order valence-corrected chi connectivity index (χ4v) is 3.50. The van der Waals surface area contributed by atoms with E-state index in [1.165, 1.54) is 18.5 Å². The minimum absolute atomic E-state index is 0.252. The summed E-state index contributed by atoms with van der Waals surface area (Å²) in [6.45, 7) is 6.31. The number of nitrogens with zero attached hydrogens (tertiary/aromatic N) is 1. The highest BCUT2D eigenvalue weighted by molar-refractivity contribution is 7.89. The van der Waals surface area contributed by atoms with Gasteiger partial charge in [0.2, 0.25) is 10.0 Å². The van der Waals surface area contributed by atoms with E-state index in [1.54, 1.807) is 30.3 Å². The van der Waals surface area contributed by atoms with Gasteiger partial charge in [0.1, 0.15) is 0 Å². The van der Waals surface area contributed by atoms with Crippen LogP contribution in [0.25, 0.3) is 0 Å². The molecule has 6 heteroatoms. The van der Waals surface area contributed by atoms with Crippen molar-refractivity contribution in [2.45, 2.75) is 38.4 Å². The molecule has 0 aliphatic carbocycles. The first-order chi connectivity index (χ1) is 11.3. The zero-order valence-corrected chi connectivity index (χ0v) is 15.9. The molecule has 0 N–H and O–H groups in total. The second-order valence-corrected chi connectivity index (χ2v) is 7.65. The average Bonchev–Trinajstić information content (AvgIpc) is 2.54. The van der Waals surface area contributed by atoms with E-state index >= 15 is 0 Å². The van der Waals surface area contributed by atoms with Gasteiger partial charge in [0.15, 0.2) is 6.29 Å². The molecular weight excluding hydrogens is 326 g/mol. The van der Waals surface area contributed by atoms with E-state index in [2.05, 4.69) is 5.73 Å². The topological polar surface area (TPSA) is 55.8 Å². The standard InChI is InChI=1S/C18H27NO4S/c1-15(2)7-6-13-19(14-12-18(22-4)23-5)24(20,21)17-10-8-16(3)9-11-17/h6,8-11,18H,12-14H2,1-5H3. The van der Waals surface area contributed by atoms with E-state index in [0.29, 0.717) is 13.0 Å². The average molecular weight is 353 g/mol. The van der Waals surface area contributed by atoms with E-state index in [0.717, 1.165) is 11.1 Å². The third-order valence-corrected chi connectivity index (χ3v) is 5.36. The maximum atomic E-state index is 12.9. The van der Waals surface area contributed by atoms with Crippen LogP contribution in [0.3, 0.4) is 0 Å². The van der Waals surface area contributed by atoms with Gasteiger partial charge in [0.05, 0.1) is 4.90 Å². The van der Waals surface area contributed by atoms with Gasteiger partial charge in [-0.3, -0.25) is 0 Å². The highest BCUT2D eigenvalue weighted by Crippen LogP contribution is 2.17. The fourth-order valence-electron chi connectivity index (χ4n) is 2.10. The Balaban J connectivity index is 3.05. The highest BCUT2D eigenvalue weighted by Gasteiger charge is 2.24. The summed E-state index contributed by atoms with van der Waals surface area (Å²) in [5, 5.41) is 0. The molecule has 134 valence electrons. The van der Waals surface area contributed by atoms with Gasteiger partial charge in [-0.25, -0.2) is 8.42 Å². The van der Waals surface area contributed by atoms with Crippen molar-refractivity contribution in [1.29, 1.82) is 0 Å². The summed E-state index contributed by atoms with van der Waals surface area (Å²) in [7, 11) is -0.511. The molecule has 0 aromatic heterocycles. The van der Waals surface area contributed by atoms with Gasteiger partial charge in [0, 0.05) is 33.7 Å². The van der Waals surface area contributed by atoms with Crippen molar-refractivity contribution in [3.05, 3.63) is 47.2 Å². The molecule has 0 amide bonds. The smallest absolute Gasteiger partial charge is 0.243 e. The third kappa shape index (κ3) is 6.23. The molecule has 0 aliphatic rings. The van der Waals surface area contributed by atoms with Crippen LogP contribution in [0.5, 0.6) is 0 Å². The number of sulfonamides is 1. The van der Waals surface area contributed by atoms with E-state index in [1.807, 2.05) is 20.8 Å². The van der Waals surface area contributed by atoms with Gasteiger partial charge in [-0.2, -0.15) is 4.31 Å². The number of aryl methyl sites for hydroxylation is 1. The van der Waals surface area contributed by atoms with Crippen molar-refractivity contribution in [3.8, 4) is 0 Å². The Bertz CT molecular complexity index is 665. The first-order valence-corrected chi connectivity index (χ1v) is 9.26. The quantitative estimate of drug-likeness (QED) is 0.506. The number of rotatable bonds is 9. The molecule has 0 bridgehead atoms. The van der Waals surface area contributed by atoms with Crippen LogP contribution < -0.4 is 0 Å². The first-order valence-electron chi connectivity index (χ1n) is 7.82. The van der Waals surface area contributed by atoms with Crippen LogP contribution in [0, 0.1) is 6.92 Å². The molecule has 1 aromatic carbocycles. The van der Waals surface area contributed by atoms with Crippen molar-refractivity contribution in [2.75, 3.05) is 27.3 Å². The summed E-state index contributed by atoms with van der Waals surface area (Å²) in [5.74, 6) is 0. The summed E-state index contributed by atoms with van der Waals surface area (Å²) in [5.41, 5.74) is 5.06. The second-order valence-electron chi connectivity index (χ2n) is 5.71. The molecule has 1 rings (SSSR count). The normalized spacial score (nSPS) is 11.6. The molecule has 0 heterocycles. The summed E-state index contributed by atoms with van der Waals surface area (Å²) in [6, 6.07) is 6.85. The SMILES string of the molecule is COC(CCN(CC=C=C(C)C)S(=O)(=O)c1ccc(C)cc1)OC. The Kier molecular flexibility index (Phi) is 8.39. The summed E-state index contributed by atoms with van der Waals surface area (Å²) in [4.78, 5) is 0.282. The Morgan fingerprint density at radius 2 is 1.79 bits per heavy atom. The van der Waals surface area contributed by atoms with E-state index in [4.69, 9.17) is 9.47 Å². The maximum absolute atomic E-state index is 12.9. The highest BCUT2D eigenvalue weighted by atomic mass is 32.2. The Labute approximate surface area is 145 Å². The van der Waals surface area contributed by atoms with Crippen molar-refractivity contribution in [2.24, 2.45) is 0 Å². The summed E-state index contributed by atoms with van der Waals surface area (Å²) >= 11 is 0. The van der Waals surface area contributed by atoms with Crippen LogP contribution in [0.2, 0.25) is 0 Å². The number of hydrogen-bond donors (Lipinski definition) is 0. The lowest BCUT2D eigenvalue weighted by atomic mass is 10.2. The minimum Gasteiger partial charge on any atom is -0.356 e. The summed E-state index contributed by atoms with van der Waals surface area (Å²) < 4.78 is 37.5. The number of benzene rings is 1. The van der Waals surface area contributed by atoms with E-state index < -0.39 is 16.3 Å². The Hall–Kier alpha value is -1.43. The monoisotopic (exact) mass is 353 g/mol. The van der Waals surface area contributed by atoms with Gasteiger partial charge in [0.25, 0.3) is 0 Å².